The SMILES string of the molecule is N#C/C(=C\c1ccc2c(c1)OCCO2)C(=O)NC1CCCCC1. The van der Waals surface area contributed by atoms with E-state index < -0.39 is 0 Å². The Kier molecular flexibility index (Phi) is 4.82. The third-order valence-corrected chi connectivity index (χ3v) is 4.18. The van der Waals surface area contributed by atoms with E-state index in [1.54, 1.807) is 18.2 Å². The van der Waals surface area contributed by atoms with Gasteiger partial charge >= 0.3 is 0 Å². The molecule has 5 nitrogen and oxygen atoms in total. The molecule has 3 rings (SSSR count). The van der Waals surface area contributed by atoms with Crippen LogP contribution in [0.15, 0.2) is 23.8 Å². The Labute approximate surface area is 135 Å². The molecule has 0 bridgehead atoms. The van der Waals surface area contributed by atoms with Gasteiger partial charge in [0.15, 0.2) is 11.5 Å². The van der Waals surface area contributed by atoms with E-state index in [0.717, 1.165) is 31.2 Å². The average Bonchev–Trinajstić information content (AvgIpc) is 2.60. The maximum atomic E-state index is 12.3. The molecule has 23 heavy (non-hydrogen) atoms. The Morgan fingerprint density at radius 1 is 1.17 bits per heavy atom. The molecule has 1 aliphatic carbocycles. The second-order valence-electron chi connectivity index (χ2n) is 5.88. The minimum atomic E-state index is -0.297. The Balaban J connectivity index is 1.73. The van der Waals surface area contributed by atoms with Crippen LogP contribution < -0.4 is 14.8 Å². The van der Waals surface area contributed by atoms with Crippen molar-refractivity contribution in [2.75, 3.05) is 13.2 Å². The van der Waals surface area contributed by atoms with Crippen LogP contribution in [0.2, 0.25) is 0 Å². The van der Waals surface area contributed by atoms with Crippen molar-refractivity contribution in [1.82, 2.24) is 5.32 Å². The minimum absolute atomic E-state index is 0.118. The summed E-state index contributed by atoms with van der Waals surface area (Å²) in [4.78, 5) is 12.3. The number of carbonyl (C=O) groups excluding carboxylic acids is 1. The van der Waals surface area contributed by atoms with E-state index in [2.05, 4.69) is 5.32 Å². The summed E-state index contributed by atoms with van der Waals surface area (Å²) >= 11 is 0. The normalized spacial score (nSPS) is 18.1. The Morgan fingerprint density at radius 2 is 1.91 bits per heavy atom. The summed E-state index contributed by atoms with van der Waals surface area (Å²) in [6.07, 6.45) is 7.08. The number of nitrogens with one attached hydrogen (secondary N) is 1. The Hall–Kier alpha value is -2.48. The first-order valence-electron chi connectivity index (χ1n) is 8.08. The fourth-order valence-electron chi connectivity index (χ4n) is 2.98. The van der Waals surface area contributed by atoms with E-state index in [1.165, 1.54) is 6.42 Å². The molecule has 1 saturated carbocycles. The second-order valence-corrected chi connectivity index (χ2v) is 5.88. The number of hydrogen-bond donors (Lipinski definition) is 1. The van der Waals surface area contributed by atoms with Gasteiger partial charge in [-0.2, -0.15) is 5.26 Å². The van der Waals surface area contributed by atoms with Crippen LogP contribution in [0.3, 0.4) is 0 Å². The highest BCUT2D eigenvalue weighted by Crippen LogP contribution is 2.31. The lowest BCUT2D eigenvalue weighted by atomic mass is 9.95. The Morgan fingerprint density at radius 3 is 2.65 bits per heavy atom. The van der Waals surface area contributed by atoms with Gasteiger partial charge < -0.3 is 14.8 Å². The predicted octanol–water partition coefficient (Wildman–Crippen LogP) is 2.81. The van der Waals surface area contributed by atoms with Crippen LogP contribution in [0.5, 0.6) is 11.5 Å². The van der Waals surface area contributed by atoms with E-state index in [1.807, 2.05) is 12.1 Å². The molecule has 1 aromatic carbocycles. The number of ether oxygens (including phenoxy) is 2. The number of carbonyl (C=O) groups is 1. The van der Waals surface area contributed by atoms with E-state index in [-0.39, 0.29) is 17.5 Å². The molecule has 0 aromatic heterocycles. The first-order chi connectivity index (χ1) is 11.3. The standard InChI is InChI=1S/C18H20N2O3/c19-12-14(18(21)20-15-4-2-1-3-5-15)10-13-6-7-16-17(11-13)23-9-8-22-16/h6-7,10-11,15H,1-5,8-9H2,(H,20,21)/b14-10+. The number of nitrogens with zero attached hydrogens (tertiary/aromatic N) is 1. The largest absolute Gasteiger partial charge is 0.486 e. The van der Waals surface area contributed by atoms with Crippen LogP contribution in [0, 0.1) is 11.3 Å². The van der Waals surface area contributed by atoms with Gasteiger partial charge in [0.2, 0.25) is 0 Å². The highest BCUT2D eigenvalue weighted by Gasteiger charge is 2.18. The molecule has 1 N–H and O–H groups in total. The summed E-state index contributed by atoms with van der Waals surface area (Å²) in [5.74, 6) is 1.04. The van der Waals surface area contributed by atoms with Crippen molar-refractivity contribution in [3.8, 4) is 17.6 Å². The first kappa shape index (κ1) is 15.4. The van der Waals surface area contributed by atoms with Crippen LogP contribution in [0.1, 0.15) is 37.7 Å². The van der Waals surface area contributed by atoms with Gasteiger partial charge in [-0.05, 0) is 36.6 Å². The molecule has 0 atom stereocenters. The molecular weight excluding hydrogens is 292 g/mol. The van der Waals surface area contributed by atoms with Crippen LogP contribution >= 0.6 is 0 Å². The van der Waals surface area contributed by atoms with Crippen LogP contribution in [-0.2, 0) is 4.79 Å². The third kappa shape index (κ3) is 3.84. The summed E-state index contributed by atoms with van der Waals surface area (Å²) in [6, 6.07) is 7.59. The van der Waals surface area contributed by atoms with E-state index in [9.17, 15) is 10.1 Å². The minimum Gasteiger partial charge on any atom is -0.486 e. The van der Waals surface area contributed by atoms with Crippen molar-refractivity contribution in [3.63, 3.8) is 0 Å². The molecule has 0 saturated heterocycles. The quantitative estimate of drug-likeness (QED) is 0.688. The van der Waals surface area contributed by atoms with Crippen molar-refractivity contribution >= 4 is 12.0 Å². The zero-order valence-electron chi connectivity index (χ0n) is 13.0. The number of hydrogen-bond acceptors (Lipinski definition) is 4. The lowest BCUT2D eigenvalue weighted by Gasteiger charge is -2.22. The van der Waals surface area contributed by atoms with E-state index in [4.69, 9.17) is 9.47 Å². The zero-order valence-corrected chi connectivity index (χ0v) is 13.0. The monoisotopic (exact) mass is 312 g/mol. The van der Waals surface area contributed by atoms with Crippen LogP contribution in [0.4, 0.5) is 0 Å². The van der Waals surface area contributed by atoms with Gasteiger partial charge in [0.25, 0.3) is 5.91 Å². The maximum Gasteiger partial charge on any atom is 0.262 e. The molecule has 0 spiro atoms. The highest BCUT2D eigenvalue weighted by atomic mass is 16.6. The summed E-state index contributed by atoms with van der Waals surface area (Å²) < 4.78 is 11.0. The summed E-state index contributed by atoms with van der Waals surface area (Å²) in [5.41, 5.74) is 0.872. The predicted molar refractivity (Wildman–Crippen MR) is 86.0 cm³/mol. The lowest BCUT2D eigenvalue weighted by Crippen LogP contribution is -2.36. The summed E-state index contributed by atoms with van der Waals surface area (Å²) in [6.45, 7) is 1.04. The van der Waals surface area contributed by atoms with Gasteiger partial charge in [-0.3, -0.25) is 4.79 Å². The molecule has 1 heterocycles. The number of amides is 1. The highest BCUT2D eigenvalue weighted by molar-refractivity contribution is 6.01. The van der Waals surface area contributed by atoms with E-state index in [0.29, 0.717) is 24.7 Å². The lowest BCUT2D eigenvalue weighted by molar-refractivity contribution is -0.117. The molecule has 5 heteroatoms. The van der Waals surface area contributed by atoms with Gasteiger partial charge in [-0.15, -0.1) is 0 Å². The molecule has 0 unspecified atom stereocenters. The molecule has 1 aromatic rings. The molecule has 1 aliphatic heterocycles. The van der Waals surface area contributed by atoms with Crippen LogP contribution in [0.25, 0.3) is 6.08 Å². The average molecular weight is 312 g/mol. The molecule has 1 amide bonds. The number of nitriles is 1. The van der Waals surface area contributed by atoms with Gasteiger partial charge in [0.05, 0.1) is 0 Å². The zero-order chi connectivity index (χ0) is 16.1. The van der Waals surface area contributed by atoms with Gasteiger partial charge in [-0.1, -0.05) is 25.3 Å². The number of fused-ring (bicyclic) bond motifs is 1. The molecular formula is C18H20N2O3. The smallest absolute Gasteiger partial charge is 0.262 e. The molecule has 2 aliphatic rings. The second kappa shape index (κ2) is 7.19. The fraction of sp³-hybridized carbons (Fsp3) is 0.444. The first-order valence-corrected chi connectivity index (χ1v) is 8.08. The number of rotatable bonds is 3. The van der Waals surface area contributed by atoms with E-state index >= 15 is 0 Å². The molecule has 0 radical (unpaired) electrons. The van der Waals surface area contributed by atoms with Crippen molar-refractivity contribution < 1.29 is 14.3 Å². The topological polar surface area (TPSA) is 71.3 Å². The van der Waals surface area contributed by atoms with Crippen molar-refractivity contribution in [2.45, 2.75) is 38.1 Å². The van der Waals surface area contributed by atoms with Crippen molar-refractivity contribution in [1.29, 1.82) is 5.26 Å². The molecule has 120 valence electrons. The van der Waals surface area contributed by atoms with Gasteiger partial charge in [-0.25, -0.2) is 0 Å². The van der Waals surface area contributed by atoms with Gasteiger partial charge in [0.1, 0.15) is 24.9 Å². The third-order valence-electron chi connectivity index (χ3n) is 4.18. The number of benzene rings is 1. The fourth-order valence-corrected chi connectivity index (χ4v) is 2.98. The van der Waals surface area contributed by atoms with Crippen molar-refractivity contribution in [2.24, 2.45) is 0 Å². The molecule has 1 fully saturated rings. The summed E-state index contributed by atoms with van der Waals surface area (Å²) in [5, 5.41) is 12.3. The summed E-state index contributed by atoms with van der Waals surface area (Å²) in [7, 11) is 0. The Bertz CT molecular complexity index is 655. The van der Waals surface area contributed by atoms with Crippen LogP contribution in [-0.4, -0.2) is 25.2 Å². The van der Waals surface area contributed by atoms with Gasteiger partial charge in [0, 0.05) is 6.04 Å². The van der Waals surface area contributed by atoms with Crippen molar-refractivity contribution in [3.05, 3.63) is 29.3 Å². The maximum absolute atomic E-state index is 12.3.